The number of carbonyl (C=O) groups excluding carboxylic acids is 1. The Morgan fingerprint density at radius 2 is 1.78 bits per heavy atom. The van der Waals surface area contributed by atoms with Gasteiger partial charge in [-0.05, 0) is 44.0 Å². The summed E-state index contributed by atoms with van der Waals surface area (Å²) in [5, 5.41) is 3.02. The Kier molecular flexibility index (Phi) is 6.02. The summed E-state index contributed by atoms with van der Waals surface area (Å²) >= 11 is 0. The molecule has 128 valence electrons. The highest BCUT2D eigenvalue weighted by Crippen LogP contribution is 2.21. The number of anilines is 1. The van der Waals surface area contributed by atoms with Gasteiger partial charge in [0.25, 0.3) is 0 Å². The molecule has 1 aliphatic heterocycles. The summed E-state index contributed by atoms with van der Waals surface area (Å²) in [6.07, 6.45) is 0.294. The molecule has 0 aromatic heterocycles. The number of ether oxygens (including phenoxy) is 2. The first kappa shape index (κ1) is 17.8. The summed E-state index contributed by atoms with van der Waals surface area (Å²) in [6, 6.07) is 7.25. The Hall–Kier alpha value is -1.59. The van der Waals surface area contributed by atoms with Crippen LogP contribution in [0.4, 0.5) is 5.69 Å². The van der Waals surface area contributed by atoms with Crippen molar-refractivity contribution in [1.29, 1.82) is 0 Å². The van der Waals surface area contributed by atoms with Gasteiger partial charge in [0.05, 0.1) is 25.4 Å². The monoisotopic (exact) mass is 320 g/mol. The highest BCUT2D eigenvalue weighted by Gasteiger charge is 2.34. The van der Waals surface area contributed by atoms with E-state index in [-0.39, 0.29) is 30.1 Å². The zero-order valence-corrected chi connectivity index (χ0v) is 14.7. The van der Waals surface area contributed by atoms with E-state index in [1.807, 2.05) is 24.3 Å². The van der Waals surface area contributed by atoms with Crippen LogP contribution in [-0.4, -0.2) is 49.3 Å². The molecule has 1 N–H and O–H groups in total. The van der Waals surface area contributed by atoms with E-state index >= 15 is 0 Å². The Balaban J connectivity index is 2.08. The molecule has 3 unspecified atom stereocenters. The van der Waals surface area contributed by atoms with Gasteiger partial charge in [-0.3, -0.25) is 9.69 Å². The maximum Gasteiger partial charge on any atom is 0.241 e. The molecule has 23 heavy (non-hydrogen) atoms. The minimum absolute atomic E-state index is 0.0338. The molecule has 0 radical (unpaired) electrons. The second-order valence-corrected chi connectivity index (χ2v) is 6.62. The number of nitrogens with one attached hydrogen (secondary N) is 1. The van der Waals surface area contributed by atoms with Crippen LogP contribution in [0.5, 0.6) is 5.75 Å². The van der Waals surface area contributed by atoms with Crippen LogP contribution in [0.25, 0.3) is 0 Å². The number of carbonyl (C=O) groups is 1. The molecule has 1 amide bonds. The summed E-state index contributed by atoms with van der Waals surface area (Å²) in [4.78, 5) is 15.0. The Labute approximate surface area is 139 Å². The van der Waals surface area contributed by atoms with Crippen LogP contribution < -0.4 is 10.1 Å². The van der Waals surface area contributed by atoms with Crippen LogP contribution in [-0.2, 0) is 9.53 Å². The molecule has 0 saturated carbocycles. The molecule has 1 aromatic carbocycles. The third kappa shape index (κ3) is 4.69. The van der Waals surface area contributed by atoms with Gasteiger partial charge in [-0.15, -0.1) is 0 Å². The SMILES string of the molecule is COc1ccc(NC(=O)C(C(C)C)N2CC(C)OC(C)C2)cc1. The van der Waals surface area contributed by atoms with E-state index in [2.05, 4.69) is 37.9 Å². The molecule has 1 aliphatic rings. The largest absolute Gasteiger partial charge is 0.497 e. The lowest BCUT2D eigenvalue weighted by molar-refractivity contribution is -0.130. The maximum absolute atomic E-state index is 12.8. The molecule has 0 aliphatic carbocycles. The van der Waals surface area contributed by atoms with Gasteiger partial charge in [0.2, 0.25) is 5.91 Å². The van der Waals surface area contributed by atoms with E-state index in [9.17, 15) is 4.79 Å². The Morgan fingerprint density at radius 3 is 2.26 bits per heavy atom. The van der Waals surface area contributed by atoms with Gasteiger partial charge in [-0.2, -0.15) is 0 Å². The fourth-order valence-electron chi connectivity index (χ4n) is 3.23. The van der Waals surface area contributed by atoms with E-state index in [4.69, 9.17) is 9.47 Å². The molecular formula is C18H28N2O3. The van der Waals surface area contributed by atoms with Crippen molar-refractivity contribution in [3.05, 3.63) is 24.3 Å². The van der Waals surface area contributed by atoms with E-state index in [0.29, 0.717) is 0 Å². The number of rotatable bonds is 5. The number of morpholine rings is 1. The number of nitrogens with zero attached hydrogens (tertiary/aromatic N) is 1. The molecule has 0 spiro atoms. The summed E-state index contributed by atoms with van der Waals surface area (Å²) in [5.74, 6) is 1.04. The van der Waals surface area contributed by atoms with Crippen LogP contribution in [0.1, 0.15) is 27.7 Å². The molecule has 5 nitrogen and oxygen atoms in total. The van der Waals surface area contributed by atoms with Crippen molar-refractivity contribution in [3.8, 4) is 5.75 Å². The lowest BCUT2D eigenvalue weighted by Crippen LogP contribution is -2.55. The Bertz CT molecular complexity index is 506. The van der Waals surface area contributed by atoms with Crippen LogP contribution in [0, 0.1) is 5.92 Å². The van der Waals surface area contributed by atoms with E-state index in [1.54, 1.807) is 7.11 Å². The predicted octanol–water partition coefficient (Wildman–Crippen LogP) is 2.77. The molecule has 1 fully saturated rings. The average Bonchev–Trinajstić information content (AvgIpc) is 2.46. The minimum atomic E-state index is -0.161. The minimum Gasteiger partial charge on any atom is -0.497 e. The first-order valence-corrected chi connectivity index (χ1v) is 8.25. The van der Waals surface area contributed by atoms with Crippen molar-refractivity contribution in [2.75, 3.05) is 25.5 Å². The number of amides is 1. The normalized spacial score (nSPS) is 23.6. The van der Waals surface area contributed by atoms with Crippen molar-refractivity contribution in [2.24, 2.45) is 5.92 Å². The fourth-order valence-corrected chi connectivity index (χ4v) is 3.23. The van der Waals surface area contributed by atoms with E-state index in [0.717, 1.165) is 24.5 Å². The summed E-state index contributed by atoms with van der Waals surface area (Å²) < 4.78 is 10.9. The lowest BCUT2D eigenvalue weighted by Gasteiger charge is -2.41. The highest BCUT2D eigenvalue weighted by molar-refractivity contribution is 5.95. The summed E-state index contributed by atoms with van der Waals surface area (Å²) in [5.41, 5.74) is 0.788. The third-order valence-electron chi connectivity index (χ3n) is 4.10. The second-order valence-electron chi connectivity index (χ2n) is 6.62. The zero-order valence-electron chi connectivity index (χ0n) is 14.7. The fraction of sp³-hybridized carbons (Fsp3) is 0.611. The zero-order chi connectivity index (χ0) is 17.0. The predicted molar refractivity (Wildman–Crippen MR) is 91.8 cm³/mol. The smallest absolute Gasteiger partial charge is 0.241 e. The van der Waals surface area contributed by atoms with Crippen molar-refractivity contribution in [3.63, 3.8) is 0 Å². The van der Waals surface area contributed by atoms with Crippen molar-refractivity contribution in [1.82, 2.24) is 4.90 Å². The first-order valence-electron chi connectivity index (χ1n) is 8.25. The number of methoxy groups -OCH3 is 1. The van der Waals surface area contributed by atoms with Gasteiger partial charge in [0.15, 0.2) is 0 Å². The number of hydrogen-bond donors (Lipinski definition) is 1. The van der Waals surface area contributed by atoms with Crippen molar-refractivity contribution >= 4 is 11.6 Å². The highest BCUT2D eigenvalue weighted by atomic mass is 16.5. The molecule has 3 atom stereocenters. The van der Waals surface area contributed by atoms with Crippen LogP contribution >= 0.6 is 0 Å². The second kappa shape index (κ2) is 7.79. The summed E-state index contributed by atoms with van der Waals surface area (Å²) in [6.45, 7) is 9.85. The van der Waals surface area contributed by atoms with Crippen molar-refractivity contribution in [2.45, 2.75) is 45.9 Å². The van der Waals surface area contributed by atoms with Crippen LogP contribution in [0.15, 0.2) is 24.3 Å². The van der Waals surface area contributed by atoms with Gasteiger partial charge in [-0.1, -0.05) is 13.8 Å². The topological polar surface area (TPSA) is 50.8 Å². The van der Waals surface area contributed by atoms with Gasteiger partial charge in [0, 0.05) is 18.8 Å². The standard InChI is InChI=1S/C18H28N2O3/c1-12(2)17(20-10-13(3)23-14(4)11-20)18(21)19-15-6-8-16(22-5)9-7-15/h6-9,12-14,17H,10-11H2,1-5H3,(H,19,21). The molecule has 1 heterocycles. The number of hydrogen-bond acceptors (Lipinski definition) is 4. The van der Waals surface area contributed by atoms with E-state index < -0.39 is 0 Å². The van der Waals surface area contributed by atoms with Gasteiger partial charge >= 0.3 is 0 Å². The van der Waals surface area contributed by atoms with Crippen molar-refractivity contribution < 1.29 is 14.3 Å². The average molecular weight is 320 g/mol. The van der Waals surface area contributed by atoms with Gasteiger partial charge in [-0.25, -0.2) is 0 Å². The molecule has 2 rings (SSSR count). The van der Waals surface area contributed by atoms with Crippen LogP contribution in [0.2, 0.25) is 0 Å². The quantitative estimate of drug-likeness (QED) is 0.906. The maximum atomic E-state index is 12.8. The number of benzene rings is 1. The van der Waals surface area contributed by atoms with E-state index in [1.165, 1.54) is 0 Å². The Morgan fingerprint density at radius 1 is 1.22 bits per heavy atom. The molecule has 0 bridgehead atoms. The molecule has 5 heteroatoms. The summed E-state index contributed by atoms with van der Waals surface area (Å²) in [7, 11) is 1.63. The third-order valence-corrected chi connectivity index (χ3v) is 4.10. The molecular weight excluding hydrogens is 292 g/mol. The van der Waals surface area contributed by atoms with Gasteiger partial charge in [0.1, 0.15) is 5.75 Å². The first-order chi connectivity index (χ1) is 10.9. The van der Waals surface area contributed by atoms with Gasteiger partial charge < -0.3 is 14.8 Å². The molecule has 1 saturated heterocycles. The molecule has 1 aromatic rings. The lowest BCUT2D eigenvalue weighted by atomic mass is 9.99. The van der Waals surface area contributed by atoms with Crippen LogP contribution in [0.3, 0.4) is 0 Å².